The van der Waals surface area contributed by atoms with Crippen LogP contribution in [0.3, 0.4) is 0 Å². The molecule has 0 aromatic heterocycles. The van der Waals surface area contributed by atoms with Gasteiger partial charge in [-0.3, -0.25) is 15.0 Å². The Bertz CT molecular complexity index is 555. The Balaban J connectivity index is 1.48. The second kappa shape index (κ2) is 7.17. The zero-order valence-corrected chi connectivity index (χ0v) is 14.7. The lowest BCUT2D eigenvalue weighted by Gasteiger charge is -2.50. The van der Waals surface area contributed by atoms with Crippen LogP contribution in [-0.4, -0.2) is 72.3 Å². The van der Waals surface area contributed by atoms with E-state index < -0.39 is 0 Å². The highest BCUT2D eigenvalue weighted by Crippen LogP contribution is 2.22. The first kappa shape index (κ1) is 17.3. The minimum absolute atomic E-state index is 0.165. The first-order valence-electron chi connectivity index (χ1n) is 8.92. The van der Waals surface area contributed by atoms with Crippen LogP contribution < -0.4 is 0 Å². The summed E-state index contributed by atoms with van der Waals surface area (Å²) >= 11 is 0. The normalized spacial score (nSPS) is 27.2. The number of nitro benzene ring substituents is 1. The van der Waals surface area contributed by atoms with Gasteiger partial charge in [-0.1, -0.05) is 12.1 Å². The number of hydrogen-bond donors (Lipinski definition) is 0. The molecule has 1 aromatic rings. The van der Waals surface area contributed by atoms with Crippen LogP contribution in [0.1, 0.15) is 19.4 Å². The van der Waals surface area contributed by atoms with Gasteiger partial charge >= 0.3 is 0 Å². The highest BCUT2D eigenvalue weighted by atomic mass is 16.6. The third kappa shape index (κ3) is 4.12. The monoisotopic (exact) mass is 334 g/mol. The maximum atomic E-state index is 10.7. The summed E-state index contributed by atoms with van der Waals surface area (Å²) in [4.78, 5) is 12.9. The summed E-state index contributed by atoms with van der Waals surface area (Å²) < 4.78 is 7.10. The number of ether oxygens (including phenoxy) is 1. The lowest BCUT2D eigenvalue weighted by molar-refractivity contribution is -0.945. The van der Waals surface area contributed by atoms with Gasteiger partial charge in [0.2, 0.25) is 0 Å². The molecule has 1 aromatic carbocycles. The summed E-state index contributed by atoms with van der Waals surface area (Å²) in [5.74, 6) is 0. The fourth-order valence-electron chi connectivity index (χ4n) is 4.24. The summed E-state index contributed by atoms with van der Waals surface area (Å²) in [6, 6.07) is 6.95. The first-order chi connectivity index (χ1) is 11.5. The average molecular weight is 334 g/mol. The smallest absolute Gasteiger partial charge is 0.269 e. The number of non-ortho nitro benzene ring substituents is 1. The van der Waals surface area contributed by atoms with Crippen molar-refractivity contribution in [3.8, 4) is 0 Å². The fraction of sp³-hybridized carbons (Fsp3) is 0.667. The predicted molar refractivity (Wildman–Crippen MR) is 93.0 cm³/mol. The largest absolute Gasteiger partial charge is 0.364 e. The Morgan fingerprint density at radius 2 is 1.75 bits per heavy atom. The van der Waals surface area contributed by atoms with E-state index in [9.17, 15) is 10.1 Å². The van der Waals surface area contributed by atoms with Gasteiger partial charge < -0.3 is 9.22 Å². The molecule has 2 fully saturated rings. The van der Waals surface area contributed by atoms with Gasteiger partial charge in [-0.05, 0) is 25.8 Å². The summed E-state index contributed by atoms with van der Waals surface area (Å²) in [6.45, 7) is 12.4. The number of quaternary nitrogens is 1. The maximum absolute atomic E-state index is 10.7. The molecule has 132 valence electrons. The van der Waals surface area contributed by atoms with Gasteiger partial charge in [0.1, 0.15) is 25.3 Å². The second-order valence-corrected chi connectivity index (χ2v) is 7.43. The van der Waals surface area contributed by atoms with Crippen molar-refractivity contribution >= 4 is 5.69 Å². The van der Waals surface area contributed by atoms with Gasteiger partial charge in [-0.25, -0.2) is 0 Å². The highest BCUT2D eigenvalue weighted by Gasteiger charge is 2.39. The van der Waals surface area contributed by atoms with Crippen molar-refractivity contribution in [3.05, 3.63) is 39.9 Å². The standard InChI is InChI=1S/C18H28N3O3/c1-15-13-21(14-16(2)24-15)11-9-19(10-12-21)8-7-17-3-5-18(6-4-17)20(22)23/h3-6,15-16H,7-14H2,1-2H3/q+1. The Morgan fingerprint density at radius 3 is 2.29 bits per heavy atom. The zero-order valence-electron chi connectivity index (χ0n) is 14.7. The van der Waals surface area contributed by atoms with Crippen molar-refractivity contribution < 1.29 is 14.1 Å². The van der Waals surface area contributed by atoms with Gasteiger partial charge in [0.15, 0.2) is 0 Å². The highest BCUT2D eigenvalue weighted by molar-refractivity contribution is 5.32. The minimum atomic E-state index is -0.346. The van der Waals surface area contributed by atoms with Gasteiger partial charge in [0.25, 0.3) is 5.69 Å². The molecule has 2 atom stereocenters. The Morgan fingerprint density at radius 1 is 1.17 bits per heavy atom. The molecule has 2 aliphatic heterocycles. The van der Waals surface area contributed by atoms with E-state index in [1.54, 1.807) is 12.1 Å². The molecule has 0 N–H and O–H groups in total. The molecule has 3 rings (SSSR count). The summed E-state index contributed by atoms with van der Waals surface area (Å²) in [5.41, 5.74) is 1.34. The predicted octanol–water partition coefficient (Wildman–Crippen LogP) is 2.08. The fourth-order valence-corrected chi connectivity index (χ4v) is 4.24. The lowest BCUT2D eigenvalue weighted by atomic mass is 10.1. The number of rotatable bonds is 4. The third-order valence-electron chi connectivity index (χ3n) is 5.40. The van der Waals surface area contributed by atoms with E-state index in [-0.39, 0.29) is 10.6 Å². The molecular weight excluding hydrogens is 306 g/mol. The molecule has 1 spiro atoms. The van der Waals surface area contributed by atoms with E-state index in [0.29, 0.717) is 12.2 Å². The van der Waals surface area contributed by atoms with Gasteiger partial charge in [-0.15, -0.1) is 0 Å². The minimum Gasteiger partial charge on any atom is -0.364 e. The van der Waals surface area contributed by atoms with E-state index >= 15 is 0 Å². The topological polar surface area (TPSA) is 55.6 Å². The molecule has 6 heteroatoms. The van der Waals surface area contributed by atoms with Crippen LogP contribution in [0.25, 0.3) is 0 Å². The Labute approximate surface area is 143 Å². The van der Waals surface area contributed by atoms with E-state index in [1.807, 2.05) is 12.1 Å². The molecule has 2 saturated heterocycles. The Kier molecular flexibility index (Phi) is 5.18. The van der Waals surface area contributed by atoms with Crippen LogP contribution in [0.4, 0.5) is 5.69 Å². The van der Waals surface area contributed by atoms with Gasteiger partial charge in [0, 0.05) is 31.8 Å². The van der Waals surface area contributed by atoms with Crippen LogP contribution in [-0.2, 0) is 11.2 Å². The van der Waals surface area contributed by atoms with E-state index in [4.69, 9.17) is 4.74 Å². The second-order valence-electron chi connectivity index (χ2n) is 7.43. The number of piperazine rings is 1. The molecule has 0 aliphatic carbocycles. The molecule has 2 unspecified atom stereocenters. The number of morpholine rings is 1. The van der Waals surface area contributed by atoms with Crippen molar-refractivity contribution in [2.45, 2.75) is 32.5 Å². The molecule has 2 aliphatic rings. The molecular formula is C18H28N3O3+. The first-order valence-corrected chi connectivity index (χ1v) is 8.92. The van der Waals surface area contributed by atoms with E-state index in [1.165, 1.54) is 23.1 Å². The third-order valence-corrected chi connectivity index (χ3v) is 5.40. The average Bonchev–Trinajstić information content (AvgIpc) is 2.54. The number of nitro groups is 1. The molecule has 0 amide bonds. The quantitative estimate of drug-likeness (QED) is 0.481. The van der Waals surface area contributed by atoms with Crippen LogP contribution in [0.2, 0.25) is 0 Å². The Hall–Kier alpha value is -1.50. The van der Waals surface area contributed by atoms with Gasteiger partial charge in [-0.2, -0.15) is 0 Å². The van der Waals surface area contributed by atoms with Crippen molar-refractivity contribution in [2.75, 3.05) is 45.8 Å². The SMILES string of the molecule is CC1C[N+]2(CCN(CCc3ccc([N+](=O)[O-])cc3)CC2)CC(C)O1. The van der Waals surface area contributed by atoms with Crippen molar-refractivity contribution in [2.24, 2.45) is 0 Å². The molecule has 0 bridgehead atoms. The molecule has 0 saturated carbocycles. The van der Waals surface area contributed by atoms with Gasteiger partial charge in [0.05, 0.1) is 18.0 Å². The van der Waals surface area contributed by atoms with Crippen LogP contribution >= 0.6 is 0 Å². The van der Waals surface area contributed by atoms with Crippen molar-refractivity contribution in [1.82, 2.24) is 4.90 Å². The van der Waals surface area contributed by atoms with Crippen LogP contribution in [0.5, 0.6) is 0 Å². The van der Waals surface area contributed by atoms with E-state index in [0.717, 1.165) is 39.1 Å². The summed E-state index contributed by atoms with van der Waals surface area (Å²) in [7, 11) is 0. The van der Waals surface area contributed by atoms with Crippen molar-refractivity contribution in [1.29, 1.82) is 0 Å². The summed E-state index contributed by atoms with van der Waals surface area (Å²) in [6.07, 6.45) is 1.68. The molecule has 0 radical (unpaired) electrons. The number of hydrogen-bond acceptors (Lipinski definition) is 4. The summed E-state index contributed by atoms with van der Waals surface area (Å²) in [5, 5.41) is 10.7. The molecule has 24 heavy (non-hydrogen) atoms. The van der Waals surface area contributed by atoms with Crippen LogP contribution in [0.15, 0.2) is 24.3 Å². The lowest BCUT2D eigenvalue weighted by Crippen LogP contribution is -2.66. The number of benzene rings is 1. The molecule has 2 heterocycles. The van der Waals surface area contributed by atoms with Crippen LogP contribution in [0, 0.1) is 10.1 Å². The number of nitrogens with zero attached hydrogens (tertiary/aromatic N) is 3. The molecule has 6 nitrogen and oxygen atoms in total. The zero-order chi connectivity index (χ0) is 17.2. The van der Waals surface area contributed by atoms with Crippen molar-refractivity contribution in [3.63, 3.8) is 0 Å². The van der Waals surface area contributed by atoms with E-state index in [2.05, 4.69) is 18.7 Å². The maximum Gasteiger partial charge on any atom is 0.269 e.